The fourth-order valence-electron chi connectivity index (χ4n) is 2.34. The van der Waals surface area contributed by atoms with Crippen molar-refractivity contribution in [3.05, 3.63) is 28.6 Å². The molecule has 2 aromatic rings. The molecule has 0 aliphatic carbocycles. The summed E-state index contributed by atoms with van der Waals surface area (Å²) in [4.78, 5) is 23.9. The van der Waals surface area contributed by atoms with Gasteiger partial charge in [0.1, 0.15) is 4.88 Å². The van der Waals surface area contributed by atoms with Gasteiger partial charge in [0, 0.05) is 22.7 Å². The van der Waals surface area contributed by atoms with Gasteiger partial charge in [-0.25, -0.2) is 4.79 Å². The molecular weight excluding hydrogens is 276 g/mol. The molecule has 1 aliphatic rings. The van der Waals surface area contributed by atoms with Crippen LogP contribution >= 0.6 is 11.3 Å². The molecule has 3 rings (SSSR count). The number of nitrogens with one attached hydrogen (secondary N) is 2. The minimum absolute atomic E-state index is 0.0880. The third-order valence-electron chi connectivity index (χ3n) is 3.49. The molecule has 1 unspecified atom stereocenters. The van der Waals surface area contributed by atoms with E-state index in [9.17, 15) is 9.59 Å². The maximum Gasteiger partial charge on any atom is 0.335 e. The highest BCUT2D eigenvalue weighted by Gasteiger charge is 2.24. The lowest BCUT2D eigenvalue weighted by Crippen LogP contribution is -2.36. The summed E-state index contributed by atoms with van der Waals surface area (Å²) in [5.41, 5.74) is 0.984. The molecule has 3 N–H and O–H groups in total. The smallest absolute Gasteiger partial charge is 0.335 e. The van der Waals surface area contributed by atoms with Crippen LogP contribution in [0.1, 0.15) is 33.4 Å². The van der Waals surface area contributed by atoms with E-state index in [4.69, 9.17) is 5.11 Å². The minimum Gasteiger partial charge on any atom is -0.478 e. The number of carboxylic acid groups (broad SMARTS) is 1. The molecule has 0 bridgehead atoms. The quantitative estimate of drug-likeness (QED) is 0.794. The summed E-state index contributed by atoms with van der Waals surface area (Å²) < 4.78 is 0.914. The number of rotatable bonds is 2. The fraction of sp³-hybridized carbons (Fsp3) is 0.286. The molecule has 0 radical (unpaired) electrons. The van der Waals surface area contributed by atoms with Crippen LogP contribution in [0, 0.1) is 0 Å². The van der Waals surface area contributed by atoms with Gasteiger partial charge >= 0.3 is 5.97 Å². The largest absolute Gasteiger partial charge is 0.478 e. The van der Waals surface area contributed by atoms with E-state index in [1.54, 1.807) is 18.2 Å². The molecule has 2 heterocycles. The van der Waals surface area contributed by atoms with Crippen LogP contribution in [-0.2, 0) is 0 Å². The number of benzene rings is 1. The Morgan fingerprint density at radius 3 is 3.00 bits per heavy atom. The highest BCUT2D eigenvalue weighted by molar-refractivity contribution is 7.21. The summed E-state index contributed by atoms with van der Waals surface area (Å²) in [6, 6.07) is 5.04. The number of hydrogen-bond donors (Lipinski definition) is 3. The van der Waals surface area contributed by atoms with Crippen LogP contribution in [0.25, 0.3) is 10.1 Å². The molecule has 0 spiro atoms. The van der Waals surface area contributed by atoms with Crippen molar-refractivity contribution in [2.24, 2.45) is 0 Å². The Hall–Kier alpha value is -2.08. The highest BCUT2D eigenvalue weighted by Crippen LogP contribution is 2.37. The van der Waals surface area contributed by atoms with Crippen LogP contribution in [0.4, 0.5) is 5.69 Å². The third-order valence-corrected chi connectivity index (χ3v) is 4.66. The van der Waals surface area contributed by atoms with Gasteiger partial charge < -0.3 is 15.7 Å². The number of carboxylic acids is 1. The van der Waals surface area contributed by atoms with E-state index in [0.29, 0.717) is 11.4 Å². The van der Waals surface area contributed by atoms with E-state index < -0.39 is 5.97 Å². The van der Waals surface area contributed by atoms with Crippen LogP contribution in [0.3, 0.4) is 0 Å². The molecular formula is C14H14N2O3S. The van der Waals surface area contributed by atoms with Gasteiger partial charge in [0.2, 0.25) is 0 Å². The second kappa shape index (κ2) is 4.79. The van der Waals surface area contributed by atoms with Crippen molar-refractivity contribution >= 4 is 39.0 Å². The zero-order chi connectivity index (χ0) is 14.3. The number of carbonyl (C=O) groups excluding carboxylic acids is 1. The summed E-state index contributed by atoms with van der Waals surface area (Å²) in [6.45, 7) is 2.67. The van der Waals surface area contributed by atoms with E-state index in [1.165, 1.54) is 11.3 Å². The Morgan fingerprint density at radius 2 is 2.30 bits per heavy atom. The van der Waals surface area contributed by atoms with Crippen molar-refractivity contribution in [2.45, 2.75) is 19.4 Å². The molecule has 1 amide bonds. The standard InChI is InChI=1S/C14H14N2O3S/c1-2-8-6-15-11-9-5-7(14(18)19)3-4-10(9)20-12(11)13(17)16-8/h3-5,8,15H,2,6H2,1H3,(H,16,17)(H,18,19). The molecule has 0 saturated heterocycles. The molecule has 104 valence electrons. The molecule has 1 aromatic carbocycles. The van der Waals surface area contributed by atoms with Gasteiger partial charge in [0.25, 0.3) is 5.91 Å². The fourth-order valence-corrected chi connectivity index (χ4v) is 3.40. The maximum atomic E-state index is 12.2. The van der Waals surface area contributed by atoms with Gasteiger partial charge in [-0.3, -0.25) is 4.79 Å². The molecule has 6 heteroatoms. The normalized spacial score (nSPS) is 18.1. The Bertz CT molecular complexity index is 708. The van der Waals surface area contributed by atoms with Gasteiger partial charge in [0.15, 0.2) is 0 Å². The predicted molar refractivity (Wildman–Crippen MR) is 78.8 cm³/mol. The Kier molecular flexibility index (Phi) is 3.10. The van der Waals surface area contributed by atoms with Gasteiger partial charge in [-0.2, -0.15) is 0 Å². The third kappa shape index (κ3) is 2.02. The first-order valence-electron chi connectivity index (χ1n) is 6.44. The van der Waals surface area contributed by atoms with Gasteiger partial charge in [0.05, 0.1) is 11.3 Å². The maximum absolute atomic E-state index is 12.2. The first-order valence-corrected chi connectivity index (χ1v) is 7.26. The first kappa shape index (κ1) is 12.9. The topological polar surface area (TPSA) is 78.4 Å². The number of thiophene rings is 1. The predicted octanol–water partition coefficient (Wildman–Crippen LogP) is 2.53. The van der Waals surface area contributed by atoms with Crippen molar-refractivity contribution in [3.63, 3.8) is 0 Å². The number of fused-ring (bicyclic) bond motifs is 3. The minimum atomic E-state index is -0.962. The van der Waals surface area contributed by atoms with E-state index in [1.807, 2.05) is 6.92 Å². The van der Waals surface area contributed by atoms with Crippen LogP contribution in [-0.4, -0.2) is 29.6 Å². The number of amides is 1. The lowest BCUT2D eigenvalue weighted by molar-refractivity contribution is 0.0696. The van der Waals surface area contributed by atoms with Crippen molar-refractivity contribution in [1.82, 2.24) is 5.32 Å². The summed E-state index contributed by atoms with van der Waals surface area (Å²) in [6.07, 6.45) is 0.853. The summed E-state index contributed by atoms with van der Waals surface area (Å²) in [5, 5.41) is 16.1. The molecule has 0 saturated carbocycles. The van der Waals surface area contributed by atoms with E-state index in [2.05, 4.69) is 10.6 Å². The Morgan fingerprint density at radius 1 is 1.50 bits per heavy atom. The second-order valence-electron chi connectivity index (χ2n) is 4.78. The number of anilines is 1. The molecule has 20 heavy (non-hydrogen) atoms. The number of aromatic carboxylic acids is 1. The van der Waals surface area contributed by atoms with Crippen molar-refractivity contribution < 1.29 is 14.7 Å². The van der Waals surface area contributed by atoms with Gasteiger partial charge in [-0.1, -0.05) is 6.92 Å². The van der Waals surface area contributed by atoms with Gasteiger partial charge in [-0.05, 0) is 24.6 Å². The van der Waals surface area contributed by atoms with E-state index in [-0.39, 0.29) is 17.5 Å². The SMILES string of the molecule is CCC1CNc2c(sc3ccc(C(=O)O)cc23)C(=O)N1. The lowest BCUT2D eigenvalue weighted by Gasteiger charge is -2.13. The molecule has 0 fully saturated rings. The molecule has 1 atom stereocenters. The molecule has 1 aliphatic heterocycles. The van der Waals surface area contributed by atoms with Crippen molar-refractivity contribution in [3.8, 4) is 0 Å². The summed E-state index contributed by atoms with van der Waals surface area (Å²) in [5.74, 6) is -1.05. The molecule has 5 nitrogen and oxygen atoms in total. The van der Waals surface area contributed by atoms with Crippen molar-refractivity contribution in [2.75, 3.05) is 11.9 Å². The van der Waals surface area contributed by atoms with E-state index in [0.717, 1.165) is 22.2 Å². The molecule has 1 aromatic heterocycles. The van der Waals surface area contributed by atoms with Crippen LogP contribution in [0.2, 0.25) is 0 Å². The summed E-state index contributed by atoms with van der Waals surface area (Å²) in [7, 11) is 0. The lowest BCUT2D eigenvalue weighted by atomic mass is 10.1. The number of carbonyl (C=O) groups is 2. The Balaban J connectivity index is 2.14. The average Bonchev–Trinajstić information content (AvgIpc) is 2.73. The Labute approximate surface area is 119 Å². The zero-order valence-corrected chi connectivity index (χ0v) is 11.7. The monoisotopic (exact) mass is 290 g/mol. The first-order chi connectivity index (χ1) is 9.60. The number of hydrogen-bond acceptors (Lipinski definition) is 4. The average molecular weight is 290 g/mol. The highest BCUT2D eigenvalue weighted by atomic mass is 32.1. The van der Waals surface area contributed by atoms with Crippen LogP contribution in [0.5, 0.6) is 0 Å². The van der Waals surface area contributed by atoms with Crippen LogP contribution in [0.15, 0.2) is 18.2 Å². The van der Waals surface area contributed by atoms with E-state index >= 15 is 0 Å². The van der Waals surface area contributed by atoms with Gasteiger partial charge in [-0.15, -0.1) is 11.3 Å². The zero-order valence-electron chi connectivity index (χ0n) is 10.9. The summed E-state index contributed by atoms with van der Waals surface area (Å²) >= 11 is 1.39. The second-order valence-corrected chi connectivity index (χ2v) is 5.83. The van der Waals surface area contributed by atoms with Crippen LogP contribution < -0.4 is 10.6 Å². The van der Waals surface area contributed by atoms with Crippen molar-refractivity contribution in [1.29, 1.82) is 0 Å².